The normalized spacial score (nSPS) is 11.9. The van der Waals surface area contributed by atoms with Gasteiger partial charge in [0.1, 0.15) is 10.8 Å². The molecule has 0 aliphatic rings. The van der Waals surface area contributed by atoms with Crippen LogP contribution in [0.15, 0.2) is 66.9 Å². The number of nitrogens with zero attached hydrogens (tertiary/aromatic N) is 2. The van der Waals surface area contributed by atoms with Gasteiger partial charge in [-0.05, 0) is 55.7 Å². The molecule has 0 amide bonds. The maximum Gasteiger partial charge on any atom is 0.303 e. The highest BCUT2D eigenvalue weighted by molar-refractivity contribution is 7.15. The highest BCUT2D eigenvalue weighted by Crippen LogP contribution is 2.32. The van der Waals surface area contributed by atoms with E-state index in [1.807, 2.05) is 43.3 Å². The molecule has 2 aromatic heterocycles. The van der Waals surface area contributed by atoms with E-state index in [2.05, 4.69) is 43.1 Å². The van der Waals surface area contributed by atoms with Gasteiger partial charge < -0.3 is 9.84 Å². The molecular weight excluding hydrogens is 444 g/mol. The minimum absolute atomic E-state index is 0.134. The molecule has 1 atom stereocenters. The number of carboxylic acids is 1. The number of pyridine rings is 1. The molecule has 0 radical (unpaired) electrons. The summed E-state index contributed by atoms with van der Waals surface area (Å²) in [5.74, 6) is 0.155. The summed E-state index contributed by atoms with van der Waals surface area (Å²) in [5, 5.41) is 9.90. The molecule has 2 heterocycles. The van der Waals surface area contributed by atoms with Crippen molar-refractivity contribution in [3.63, 3.8) is 0 Å². The van der Waals surface area contributed by atoms with Crippen molar-refractivity contribution < 1.29 is 14.6 Å². The summed E-state index contributed by atoms with van der Waals surface area (Å²) in [5.41, 5.74) is 6.29. The van der Waals surface area contributed by atoms with Gasteiger partial charge in [0.25, 0.3) is 0 Å². The second kappa shape index (κ2) is 10.6. The number of thiazole rings is 1. The highest BCUT2D eigenvalue weighted by atomic mass is 32.1. The molecule has 0 aliphatic carbocycles. The Balaban J connectivity index is 1.41. The van der Waals surface area contributed by atoms with Gasteiger partial charge in [0, 0.05) is 34.5 Å². The van der Waals surface area contributed by atoms with Crippen LogP contribution >= 0.6 is 11.3 Å². The van der Waals surface area contributed by atoms with Crippen LogP contribution in [0.5, 0.6) is 5.75 Å². The third-order valence-corrected chi connectivity index (χ3v) is 6.85. The molecule has 2 aromatic carbocycles. The summed E-state index contributed by atoms with van der Waals surface area (Å²) in [7, 11) is 0. The van der Waals surface area contributed by atoms with Crippen LogP contribution in [0.4, 0.5) is 0 Å². The lowest BCUT2D eigenvalue weighted by Gasteiger charge is -2.14. The van der Waals surface area contributed by atoms with Crippen LogP contribution in [0.2, 0.25) is 0 Å². The van der Waals surface area contributed by atoms with Crippen molar-refractivity contribution in [2.24, 2.45) is 0 Å². The minimum Gasteiger partial charge on any atom is -0.493 e. The number of carbonyl (C=O) groups is 1. The Hall–Kier alpha value is -3.51. The third kappa shape index (κ3) is 5.69. The Morgan fingerprint density at radius 2 is 1.82 bits per heavy atom. The largest absolute Gasteiger partial charge is 0.493 e. The van der Waals surface area contributed by atoms with E-state index in [9.17, 15) is 4.79 Å². The van der Waals surface area contributed by atoms with Gasteiger partial charge in [0.15, 0.2) is 0 Å². The van der Waals surface area contributed by atoms with E-state index in [0.717, 1.165) is 44.4 Å². The molecule has 0 unspecified atom stereocenters. The predicted molar refractivity (Wildman–Crippen MR) is 137 cm³/mol. The summed E-state index contributed by atoms with van der Waals surface area (Å²) in [6.07, 6.45) is 2.47. The fourth-order valence-corrected chi connectivity index (χ4v) is 4.93. The summed E-state index contributed by atoms with van der Waals surface area (Å²) in [6, 6.07) is 20.1. The van der Waals surface area contributed by atoms with Gasteiger partial charge in [-0.2, -0.15) is 0 Å². The number of rotatable bonds is 9. The van der Waals surface area contributed by atoms with Crippen molar-refractivity contribution in [1.29, 1.82) is 0 Å². The number of carboxylic acid groups (broad SMARTS) is 1. The van der Waals surface area contributed by atoms with Crippen molar-refractivity contribution >= 4 is 17.3 Å². The lowest BCUT2D eigenvalue weighted by molar-refractivity contribution is -0.136. The molecule has 0 fully saturated rings. The van der Waals surface area contributed by atoms with Crippen molar-refractivity contribution in [2.75, 3.05) is 6.61 Å². The zero-order valence-electron chi connectivity index (χ0n) is 19.6. The van der Waals surface area contributed by atoms with Crippen LogP contribution in [-0.2, 0) is 11.2 Å². The lowest BCUT2D eigenvalue weighted by Crippen LogP contribution is -2.09. The first kappa shape index (κ1) is 23.6. The maximum atomic E-state index is 10.8. The number of benzene rings is 2. The minimum atomic E-state index is -0.782. The van der Waals surface area contributed by atoms with Gasteiger partial charge in [-0.25, -0.2) is 4.98 Å². The van der Waals surface area contributed by atoms with E-state index in [-0.39, 0.29) is 12.3 Å². The van der Waals surface area contributed by atoms with E-state index in [0.29, 0.717) is 13.0 Å². The first-order valence-corrected chi connectivity index (χ1v) is 12.2. The molecule has 174 valence electrons. The second-order valence-corrected chi connectivity index (χ2v) is 9.65. The number of hydrogen-bond acceptors (Lipinski definition) is 5. The van der Waals surface area contributed by atoms with Crippen LogP contribution in [0.3, 0.4) is 0 Å². The maximum absolute atomic E-state index is 10.8. The smallest absolute Gasteiger partial charge is 0.303 e. The van der Waals surface area contributed by atoms with E-state index in [4.69, 9.17) is 14.8 Å². The SMILES string of the molecule is Cc1cc(OC[C@@H](C)c2nc(-c3ccc(-c4ccccn4)cc3)sc2C)ccc1CCC(=O)O. The van der Waals surface area contributed by atoms with E-state index in [1.165, 1.54) is 4.88 Å². The van der Waals surface area contributed by atoms with E-state index < -0.39 is 5.97 Å². The predicted octanol–water partition coefficient (Wildman–Crippen LogP) is 6.69. The molecule has 5 nitrogen and oxygen atoms in total. The van der Waals surface area contributed by atoms with Gasteiger partial charge in [-0.1, -0.05) is 43.3 Å². The molecule has 6 heteroatoms. The molecule has 4 rings (SSSR count). The van der Waals surface area contributed by atoms with Crippen LogP contribution < -0.4 is 4.74 Å². The number of hydrogen-bond donors (Lipinski definition) is 1. The van der Waals surface area contributed by atoms with Gasteiger partial charge >= 0.3 is 5.97 Å². The molecule has 0 aliphatic heterocycles. The molecule has 0 saturated carbocycles. The summed E-state index contributed by atoms with van der Waals surface area (Å²) in [4.78, 5) is 21.4. The van der Waals surface area contributed by atoms with Gasteiger partial charge in [0.2, 0.25) is 0 Å². The highest BCUT2D eigenvalue weighted by Gasteiger charge is 2.17. The van der Waals surface area contributed by atoms with Crippen LogP contribution in [-0.4, -0.2) is 27.7 Å². The summed E-state index contributed by atoms with van der Waals surface area (Å²) >= 11 is 1.70. The average molecular weight is 473 g/mol. The fourth-order valence-electron chi connectivity index (χ4n) is 3.89. The summed E-state index contributed by atoms with van der Waals surface area (Å²) in [6.45, 7) is 6.75. The molecule has 0 saturated heterocycles. The summed E-state index contributed by atoms with van der Waals surface area (Å²) < 4.78 is 6.06. The first-order chi connectivity index (χ1) is 16.4. The van der Waals surface area contributed by atoms with Crippen LogP contribution in [0.25, 0.3) is 21.8 Å². The lowest BCUT2D eigenvalue weighted by atomic mass is 10.0. The van der Waals surface area contributed by atoms with Crippen molar-refractivity contribution in [3.8, 4) is 27.6 Å². The van der Waals surface area contributed by atoms with Crippen molar-refractivity contribution in [2.45, 2.75) is 39.5 Å². The van der Waals surface area contributed by atoms with E-state index >= 15 is 0 Å². The molecule has 1 N–H and O–H groups in total. The van der Waals surface area contributed by atoms with Crippen molar-refractivity contribution in [3.05, 3.63) is 88.6 Å². The first-order valence-electron chi connectivity index (χ1n) is 11.3. The molecule has 4 aromatic rings. The monoisotopic (exact) mass is 472 g/mol. The number of aryl methyl sites for hydroxylation is 3. The van der Waals surface area contributed by atoms with Crippen LogP contribution in [0.1, 0.15) is 41.0 Å². The third-order valence-electron chi connectivity index (χ3n) is 5.81. The molecule has 34 heavy (non-hydrogen) atoms. The Labute approximate surface area is 204 Å². The zero-order valence-corrected chi connectivity index (χ0v) is 20.4. The Kier molecular flexibility index (Phi) is 7.38. The number of aliphatic carboxylic acids is 1. The second-order valence-electron chi connectivity index (χ2n) is 8.45. The molecule has 0 bridgehead atoms. The standard InChI is InChI=1S/C28H28N2O3S/c1-18-16-24(13-11-21(18)12-14-26(31)32)33-17-19(2)27-20(3)34-28(30-27)23-9-7-22(8-10-23)25-6-4-5-15-29-25/h4-11,13,15-16,19H,12,14,17H2,1-3H3,(H,31,32)/t19-/m1/s1. The fraction of sp³-hybridized carbons (Fsp3) is 0.250. The quantitative estimate of drug-likeness (QED) is 0.294. The number of ether oxygens (including phenoxy) is 1. The zero-order chi connectivity index (χ0) is 24.1. The van der Waals surface area contributed by atoms with Gasteiger partial charge in [-0.15, -0.1) is 11.3 Å². The van der Waals surface area contributed by atoms with E-state index in [1.54, 1.807) is 17.5 Å². The van der Waals surface area contributed by atoms with Gasteiger partial charge in [0.05, 0.1) is 18.0 Å². The Bertz CT molecular complexity index is 1270. The van der Waals surface area contributed by atoms with Gasteiger partial charge in [-0.3, -0.25) is 9.78 Å². The average Bonchev–Trinajstić information content (AvgIpc) is 3.24. The Morgan fingerprint density at radius 3 is 2.50 bits per heavy atom. The number of aromatic nitrogens is 2. The van der Waals surface area contributed by atoms with Crippen LogP contribution in [0, 0.1) is 13.8 Å². The molecular formula is C28H28N2O3S. The topological polar surface area (TPSA) is 72.3 Å². The Morgan fingerprint density at radius 1 is 1.06 bits per heavy atom. The van der Waals surface area contributed by atoms with Crippen molar-refractivity contribution in [1.82, 2.24) is 9.97 Å². The molecule has 0 spiro atoms.